The van der Waals surface area contributed by atoms with Crippen LogP contribution in [0, 0.1) is 5.82 Å². The number of hydrogen-bond acceptors (Lipinski definition) is 7. The smallest absolute Gasteiger partial charge is 0.185 e. The summed E-state index contributed by atoms with van der Waals surface area (Å²) in [7, 11) is 0. The van der Waals surface area contributed by atoms with Crippen LogP contribution in [-0.2, 0) is 0 Å². The van der Waals surface area contributed by atoms with Crippen LogP contribution in [0.2, 0.25) is 0 Å². The lowest BCUT2D eigenvalue weighted by Crippen LogP contribution is -2.02. The van der Waals surface area contributed by atoms with Crippen LogP contribution in [-0.4, -0.2) is 19.0 Å². The van der Waals surface area contributed by atoms with Gasteiger partial charge in [0, 0.05) is 22.6 Å². The zero-order valence-corrected chi connectivity index (χ0v) is 23.0. The van der Waals surface area contributed by atoms with Crippen LogP contribution in [0.3, 0.4) is 0 Å². The second-order valence-electron chi connectivity index (χ2n) is 9.35. The number of rotatable bonds is 12. The number of halogens is 1. The monoisotopic (exact) mass is 556 g/mol. The Hall–Kier alpha value is -4.98. The van der Waals surface area contributed by atoms with Crippen molar-refractivity contribution in [2.24, 2.45) is 0 Å². The number of hydrogen-bond donors (Lipinski definition) is 4. The van der Waals surface area contributed by atoms with Gasteiger partial charge in [0.05, 0.1) is 18.9 Å². The normalized spacial score (nSPS) is 10.6. The lowest BCUT2D eigenvalue weighted by atomic mass is 10.1. The Labute approximate surface area is 240 Å². The summed E-state index contributed by atoms with van der Waals surface area (Å²) in [5, 5.41) is 0. The van der Waals surface area contributed by atoms with Gasteiger partial charge in [-0.3, -0.25) is 4.79 Å². The van der Waals surface area contributed by atoms with Crippen LogP contribution < -0.4 is 32.4 Å². The molecule has 0 aliphatic carbocycles. The summed E-state index contributed by atoms with van der Waals surface area (Å²) in [5.74, 6) is 0.933. The molecule has 0 aliphatic heterocycles. The quantitative estimate of drug-likeness (QED) is 0.0654. The van der Waals surface area contributed by atoms with E-state index in [1.807, 2.05) is 30.3 Å². The van der Waals surface area contributed by atoms with Crippen LogP contribution in [0.5, 0.6) is 11.5 Å². The molecule has 7 nitrogen and oxygen atoms in total. The van der Waals surface area contributed by atoms with E-state index in [9.17, 15) is 9.18 Å². The summed E-state index contributed by atoms with van der Waals surface area (Å²) in [6, 6.07) is 25.5. The van der Waals surface area contributed by atoms with Gasteiger partial charge in [-0.1, -0.05) is 24.3 Å². The van der Waals surface area contributed by atoms with Crippen LogP contribution in [0.1, 0.15) is 41.6 Å². The Morgan fingerprint density at radius 1 is 0.683 bits per heavy atom. The summed E-state index contributed by atoms with van der Waals surface area (Å²) < 4.78 is 24.4. The first-order valence-electron chi connectivity index (χ1n) is 13.4. The van der Waals surface area contributed by atoms with Gasteiger partial charge in [-0.25, -0.2) is 4.39 Å². The maximum absolute atomic E-state index is 12.9. The van der Waals surface area contributed by atoms with E-state index in [4.69, 9.17) is 32.4 Å². The highest BCUT2D eigenvalue weighted by atomic mass is 19.1. The molecule has 0 amide bonds. The molecule has 41 heavy (non-hydrogen) atoms. The van der Waals surface area contributed by atoms with E-state index < -0.39 is 0 Å². The summed E-state index contributed by atoms with van der Waals surface area (Å²) in [6.45, 7) is 1.26. The van der Waals surface area contributed by atoms with E-state index in [-0.39, 0.29) is 11.6 Å². The molecule has 0 spiro atoms. The first kappa shape index (κ1) is 30.6. The molecule has 0 aliphatic rings. The second-order valence-corrected chi connectivity index (χ2v) is 9.35. The average Bonchev–Trinajstić information content (AvgIpc) is 2.95. The molecule has 214 valence electrons. The highest BCUT2D eigenvalue weighted by molar-refractivity contribution is 6.06. The fourth-order valence-corrected chi connectivity index (χ4v) is 3.74. The van der Waals surface area contributed by atoms with E-state index in [1.54, 1.807) is 42.5 Å². The molecule has 4 rings (SSSR count). The Bertz CT molecular complexity index is 1390. The SMILES string of the molecule is Nc1ccc(OCCCCCCOc2ccc(C=CC(=O)c3ccc(F)cc3)cc2)c(N)c1.Nc1cccc(N)c1. The van der Waals surface area contributed by atoms with Gasteiger partial charge in [0.2, 0.25) is 0 Å². The first-order chi connectivity index (χ1) is 19.8. The van der Waals surface area contributed by atoms with Crippen LogP contribution in [0.15, 0.2) is 97.1 Å². The molecular formula is C33H37FN4O3. The molecule has 4 aromatic rings. The fraction of sp³-hybridized carbons (Fsp3) is 0.182. The van der Waals surface area contributed by atoms with Gasteiger partial charge in [0.1, 0.15) is 17.3 Å². The number of anilines is 4. The van der Waals surface area contributed by atoms with Gasteiger partial charge in [-0.05, 0) is 110 Å². The van der Waals surface area contributed by atoms with Crippen molar-refractivity contribution in [3.63, 3.8) is 0 Å². The van der Waals surface area contributed by atoms with Gasteiger partial charge in [0.15, 0.2) is 5.78 Å². The first-order valence-corrected chi connectivity index (χ1v) is 13.4. The van der Waals surface area contributed by atoms with Crippen molar-refractivity contribution >= 4 is 34.6 Å². The number of carbonyl (C=O) groups excluding carboxylic acids is 1. The molecular weight excluding hydrogens is 519 g/mol. The molecule has 8 N–H and O–H groups in total. The van der Waals surface area contributed by atoms with Crippen molar-refractivity contribution in [1.29, 1.82) is 0 Å². The minimum atomic E-state index is -0.361. The number of carbonyl (C=O) groups is 1. The van der Waals surface area contributed by atoms with E-state index in [0.717, 1.165) is 37.0 Å². The number of benzene rings is 4. The Kier molecular flexibility index (Phi) is 12.1. The fourth-order valence-electron chi connectivity index (χ4n) is 3.74. The van der Waals surface area contributed by atoms with Gasteiger partial charge in [0.25, 0.3) is 0 Å². The third-order valence-electron chi connectivity index (χ3n) is 5.95. The van der Waals surface area contributed by atoms with E-state index in [0.29, 0.717) is 47.3 Å². The Balaban J connectivity index is 0.000000496. The van der Waals surface area contributed by atoms with Crippen molar-refractivity contribution in [2.75, 3.05) is 36.1 Å². The summed E-state index contributed by atoms with van der Waals surface area (Å²) in [5.41, 5.74) is 26.3. The average molecular weight is 557 g/mol. The van der Waals surface area contributed by atoms with Crippen molar-refractivity contribution in [2.45, 2.75) is 25.7 Å². The number of ketones is 1. The number of allylic oxidation sites excluding steroid dienone is 1. The van der Waals surface area contributed by atoms with E-state index >= 15 is 0 Å². The van der Waals surface area contributed by atoms with Crippen LogP contribution in [0.4, 0.5) is 27.1 Å². The summed E-state index contributed by atoms with van der Waals surface area (Å²) in [4.78, 5) is 12.1. The molecule has 0 atom stereocenters. The Morgan fingerprint density at radius 3 is 1.88 bits per heavy atom. The van der Waals surface area contributed by atoms with Crippen molar-refractivity contribution in [3.8, 4) is 11.5 Å². The molecule has 0 bridgehead atoms. The standard InChI is InChI=1S/C27H29FN2O3.C6H8N2/c28-22-10-8-21(9-11-22)26(31)15-7-20-5-13-24(14-6-20)32-17-3-1-2-4-18-33-27-16-12-23(29)19-25(27)30;7-5-2-1-3-6(8)4-5/h5-16,19H,1-4,17-18,29-30H2;1-4H,7-8H2. The predicted octanol–water partition coefficient (Wildman–Crippen LogP) is 6.76. The molecule has 0 heterocycles. The van der Waals surface area contributed by atoms with Gasteiger partial charge < -0.3 is 32.4 Å². The molecule has 4 aromatic carbocycles. The van der Waals surface area contributed by atoms with Gasteiger partial charge in [-0.2, -0.15) is 0 Å². The minimum Gasteiger partial charge on any atom is -0.494 e. The molecule has 0 unspecified atom stereocenters. The molecule has 0 aromatic heterocycles. The zero-order chi connectivity index (χ0) is 29.5. The third-order valence-corrected chi connectivity index (χ3v) is 5.95. The summed E-state index contributed by atoms with van der Waals surface area (Å²) in [6.07, 6.45) is 7.21. The number of unbranched alkanes of at least 4 members (excludes halogenated alkanes) is 3. The highest BCUT2D eigenvalue weighted by Crippen LogP contribution is 2.23. The summed E-state index contributed by atoms with van der Waals surface area (Å²) >= 11 is 0. The Morgan fingerprint density at radius 2 is 1.29 bits per heavy atom. The number of nitrogens with two attached hydrogens (primary N) is 4. The lowest BCUT2D eigenvalue weighted by Gasteiger charge is -2.09. The number of nitrogen functional groups attached to an aromatic ring is 4. The zero-order valence-electron chi connectivity index (χ0n) is 23.0. The topological polar surface area (TPSA) is 140 Å². The maximum Gasteiger partial charge on any atom is 0.185 e. The van der Waals surface area contributed by atoms with E-state index in [2.05, 4.69) is 0 Å². The predicted molar refractivity (Wildman–Crippen MR) is 166 cm³/mol. The molecule has 0 fully saturated rings. The van der Waals surface area contributed by atoms with Crippen LogP contribution >= 0.6 is 0 Å². The largest absolute Gasteiger partial charge is 0.494 e. The highest BCUT2D eigenvalue weighted by Gasteiger charge is 2.03. The number of ether oxygens (including phenoxy) is 2. The maximum atomic E-state index is 12.9. The van der Waals surface area contributed by atoms with E-state index in [1.165, 1.54) is 30.3 Å². The molecule has 0 radical (unpaired) electrons. The minimum absolute atomic E-state index is 0.169. The van der Waals surface area contributed by atoms with Gasteiger partial charge >= 0.3 is 0 Å². The van der Waals surface area contributed by atoms with Crippen LogP contribution in [0.25, 0.3) is 6.08 Å². The van der Waals surface area contributed by atoms with Gasteiger partial charge in [-0.15, -0.1) is 0 Å². The lowest BCUT2D eigenvalue weighted by molar-refractivity contribution is 0.104. The molecule has 0 saturated heterocycles. The third kappa shape index (κ3) is 11.3. The second kappa shape index (κ2) is 16.2. The molecule has 8 heteroatoms. The van der Waals surface area contributed by atoms with Crippen molar-refractivity contribution < 1.29 is 18.7 Å². The molecule has 0 saturated carbocycles. The van der Waals surface area contributed by atoms with Crippen molar-refractivity contribution in [3.05, 3.63) is 114 Å². The van der Waals surface area contributed by atoms with Crippen molar-refractivity contribution in [1.82, 2.24) is 0 Å².